The second-order valence-corrected chi connectivity index (χ2v) is 7.09. The van der Waals surface area contributed by atoms with Crippen LogP contribution in [0, 0.1) is 5.82 Å². The van der Waals surface area contributed by atoms with E-state index in [-0.39, 0.29) is 28.9 Å². The van der Waals surface area contributed by atoms with Crippen molar-refractivity contribution in [2.24, 2.45) is 0 Å². The maximum Gasteiger partial charge on any atom is 0.241 e. The molecule has 0 bridgehead atoms. The third-order valence-corrected chi connectivity index (χ3v) is 5.56. The first kappa shape index (κ1) is 16.3. The van der Waals surface area contributed by atoms with Gasteiger partial charge in [0.2, 0.25) is 11.8 Å². The molecular weight excluding hydrogens is 317 g/mol. The van der Waals surface area contributed by atoms with Crippen LogP contribution in [0.4, 0.5) is 4.39 Å². The summed E-state index contributed by atoms with van der Waals surface area (Å²) in [6.07, 6.45) is 1.62. The van der Waals surface area contributed by atoms with Crippen molar-refractivity contribution in [1.82, 2.24) is 15.8 Å². The van der Waals surface area contributed by atoms with Crippen molar-refractivity contribution >= 4 is 23.6 Å². The van der Waals surface area contributed by atoms with E-state index in [0.29, 0.717) is 25.9 Å². The second-order valence-electron chi connectivity index (χ2n) is 5.78. The van der Waals surface area contributed by atoms with Crippen molar-refractivity contribution < 1.29 is 14.0 Å². The molecule has 2 aliphatic heterocycles. The van der Waals surface area contributed by atoms with E-state index in [9.17, 15) is 14.0 Å². The summed E-state index contributed by atoms with van der Waals surface area (Å²) in [6, 6.07) is 6.49. The number of hydrogen-bond donors (Lipinski definition) is 2. The predicted molar refractivity (Wildman–Crippen MR) is 87.1 cm³/mol. The number of rotatable bonds is 2. The van der Waals surface area contributed by atoms with Crippen molar-refractivity contribution in [3.63, 3.8) is 0 Å². The van der Waals surface area contributed by atoms with Gasteiger partial charge in [0, 0.05) is 36.1 Å². The summed E-state index contributed by atoms with van der Waals surface area (Å²) in [5.41, 5.74) is 6.02. The lowest BCUT2D eigenvalue weighted by atomic mass is 10.1. The van der Waals surface area contributed by atoms with Gasteiger partial charge in [-0.15, -0.1) is 0 Å². The van der Waals surface area contributed by atoms with Gasteiger partial charge in [-0.05, 0) is 18.9 Å². The standard InChI is InChI=1S/C16H20FN3O2S/c17-12-4-2-1-3-11(12)14-7-8-20(9-10-23-14)16(22)13-5-6-15(21)19-18-13/h1-4,13-14,18H,5-10H2,(H,19,21). The van der Waals surface area contributed by atoms with Gasteiger partial charge in [0.1, 0.15) is 11.9 Å². The van der Waals surface area contributed by atoms with Gasteiger partial charge in [-0.25, -0.2) is 9.82 Å². The summed E-state index contributed by atoms with van der Waals surface area (Å²) in [5.74, 6) is 0.533. The van der Waals surface area contributed by atoms with Crippen molar-refractivity contribution in [2.45, 2.75) is 30.6 Å². The van der Waals surface area contributed by atoms with Crippen LogP contribution in [0.3, 0.4) is 0 Å². The number of carbonyl (C=O) groups excluding carboxylic acids is 2. The zero-order chi connectivity index (χ0) is 16.2. The molecule has 1 aromatic carbocycles. The van der Waals surface area contributed by atoms with E-state index in [2.05, 4.69) is 10.9 Å². The summed E-state index contributed by atoms with van der Waals surface area (Å²) >= 11 is 1.70. The van der Waals surface area contributed by atoms with Crippen molar-refractivity contribution in [3.8, 4) is 0 Å². The van der Waals surface area contributed by atoms with Gasteiger partial charge in [0.25, 0.3) is 0 Å². The minimum Gasteiger partial charge on any atom is -0.340 e. The molecule has 3 rings (SSSR count). The Morgan fingerprint density at radius 2 is 2.09 bits per heavy atom. The number of nitrogens with zero attached hydrogens (tertiary/aromatic N) is 1. The van der Waals surface area contributed by atoms with Crippen LogP contribution in [0.5, 0.6) is 0 Å². The quantitative estimate of drug-likeness (QED) is 0.861. The molecule has 1 aromatic rings. The van der Waals surface area contributed by atoms with Gasteiger partial charge < -0.3 is 4.90 Å². The van der Waals surface area contributed by atoms with Crippen LogP contribution in [-0.2, 0) is 9.59 Å². The van der Waals surface area contributed by atoms with E-state index < -0.39 is 0 Å². The molecule has 2 heterocycles. The fraction of sp³-hybridized carbons (Fsp3) is 0.500. The number of hydrazine groups is 1. The van der Waals surface area contributed by atoms with Gasteiger partial charge in [0.15, 0.2) is 0 Å². The minimum atomic E-state index is -0.359. The average molecular weight is 337 g/mol. The molecule has 0 radical (unpaired) electrons. The lowest BCUT2D eigenvalue weighted by molar-refractivity contribution is -0.136. The van der Waals surface area contributed by atoms with Crippen LogP contribution in [0.15, 0.2) is 24.3 Å². The van der Waals surface area contributed by atoms with Crippen LogP contribution >= 0.6 is 11.8 Å². The summed E-state index contributed by atoms with van der Waals surface area (Å²) in [6.45, 7) is 1.26. The molecule has 2 atom stereocenters. The first-order valence-electron chi connectivity index (χ1n) is 7.84. The fourth-order valence-electron chi connectivity index (χ4n) is 2.96. The van der Waals surface area contributed by atoms with Crippen molar-refractivity contribution in [3.05, 3.63) is 35.6 Å². The van der Waals surface area contributed by atoms with Gasteiger partial charge in [0.05, 0.1) is 0 Å². The summed E-state index contributed by atoms with van der Waals surface area (Å²) < 4.78 is 13.9. The summed E-state index contributed by atoms with van der Waals surface area (Å²) in [5, 5.41) is 0.0769. The fourth-order valence-corrected chi connectivity index (χ4v) is 4.21. The summed E-state index contributed by atoms with van der Waals surface area (Å²) in [4.78, 5) is 25.5. The lowest BCUT2D eigenvalue weighted by Crippen LogP contribution is -2.56. The first-order chi connectivity index (χ1) is 11.1. The van der Waals surface area contributed by atoms with Crippen LogP contribution in [0.25, 0.3) is 0 Å². The maximum atomic E-state index is 13.9. The normalized spacial score (nSPS) is 25.6. The molecular formula is C16H20FN3O2S. The Balaban J connectivity index is 1.61. The van der Waals surface area contributed by atoms with Crippen LogP contribution in [0.1, 0.15) is 30.1 Å². The molecule has 0 spiro atoms. The molecule has 2 aliphatic rings. The highest BCUT2D eigenvalue weighted by Crippen LogP contribution is 2.35. The van der Waals surface area contributed by atoms with E-state index in [0.717, 1.165) is 17.7 Å². The van der Waals surface area contributed by atoms with Crippen LogP contribution in [0.2, 0.25) is 0 Å². The molecule has 2 amide bonds. The number of thioether (sulfide) groups is 1. The number of carbonyl (C=O) groups is 2. The number of halogens is 1. The van der Waals surface area contributed by atoms with Gasteiger partial charge in [-0.1, -0.05) is 18.2 Å². The molecule has 2 fully saturated rings. The largest absolute Gasteiger partial charge is 0.340 e. The number of nitrogens with one attached hydrogen (secondary N) is 2. The molecule has 0 saturated carbocycles. The van der Waals surface area contributed by atoms with Gasteiger partial charge in [-0.3, -0.25) is 15.0 Å². The highest BCUT2D eigenvalue weighted by atomic mass is 32.2. The molecule has 0 aromatic heterocycles. The highest BCUT2D eigenvalue weighted by molar-refractivity contribution is 7.99. The van der Waals surface area contributed by atoms with E-state index in [1.165, 1.54) is 6.07 Å². The lowest BCUT2D eigenvalue weighted by Gasteiger charge is -2.29. The smallest absolute Gasteiger partial charge is 0.241 e. The Bertz CT molecular complexity index is 588. The third-order valence-electron chi connectivity index (χ3n) is 4.25. The van der Waals surface area contributed by atoms with Gasteiger partial charge in [-0.2, -0.15) is 11.8 Å². The molecule has 2 unspecified atom stereocenters. The molecule has 2 saturated heterocycles. The predicted octanol–water partition coefficient (Wildman–Crippen LogP) is 1.62. The molecule has 7 heteroatoms. The van der Waals surface area contributed by atoms with Crippen LogP contribution in [-0.4, -0.2) is 41.6 Å². The van der Waals surface area contributed by atoms with E-state index in [4.69, 9.17) is 0 Å². The molecule has 23 heavy (non-hydrogen) atoms. The molecule has 124 valence electrons. The third kappa shape index (κ3) is 3.84. The molecule has 2 N–H and O–H groups in total. The monoisotopic (exact) mass is 337 g/mol. The number of benzene rings is 1. The van der Waals surface area contributed by atoms with E-state index in [1.54, 1.807) is 17.8 Å². The van der Waals surface area contributed by atoms with E-state index in [1.807, 2.05) is 17.0 Å². The average Bonchev–Trinajstić information content (AvgIpc) is 2.81. The van der Waals surface area contributed by atoms with Crippen LogP contribution < -0.4 is 10.9 Å². The Morgan fingerprint density at radius 3 is 2.83 bits per heavy atom. The highest BCUT2D eigenvalue weighted by Gasteiger charge is 2.30. The Hall–Kier alpha value is -1.60. The van der Waals surface area contributed by atoms with Crippen molar-refractivity contribution in [2.75, 3.05) is 18.8 Å². The maximum absolute atomic E-state index is 13.9. The zero-order valence-corrected chi connectivity index (χ0v) is 13.6. The molecule has 0 aliphatic carbocycles. The Morgan fingerprint density at radius 1 is 1.26 bits per heavy atom. The number of hydrogen-bond acceptors (Lipinski definition) is 4. The minimum absolute atomic E-state index is 0.0137. The van der Waals surface area contributed by atoms with E-state index >= 15 is 0 Å². The SMILES string of the molecule is O=C1CCC(C(=O)N2CCSC(c3ccccc3F)CC2)NN1. The van der Waals surface area contributed by atoms with Gasteiger partial charge >= 0.3 is 0 Å². The topological polar surface area (TPSA) is 61.4 Å². The number of amides is 2. The summed E-state index contributed by atoms with van der Waals surface area (Å²) in [7, 11) is 0. The first-order valence-corrected chi connectivity index (χ1v) is 8.89. The molecule has 5 nitrogen and oxygen atoms in total. The van der Waals surface area contributed by atoms with Crippen molar-refractivity contribution in [1.29, 1.82) is 0 Å². The second kappa shape index (κ2) is 7.31. The Kier molecular flexibility index (Phi) is 5.17. The zero-order valence-electron chi connectivity index (χ0n) is 12.8. The Labute approximate surface area is 139 Å².